The van der Waals surface area contributed by atoms with Crippen molar-refractivity contribution in [3.63, 3.8) is 0 Å². The van der Waals surface area contributed by atoms with E-state index in [4.69, 9.17) is 9.47 Å². The Balaban J connectivity index is 2.03. The molecule has 2 rings (SSSR count). The third kappa shape index (κ3) is 7.67. The first kappa shape index (κ1) is 23.8. The molecule has 1 amide bonds. The molecule has 0 saturated carbocycles. The van der Waals surface area contributed by atoms with E-state index in [-0.39, 0.29) is 17.3 Å². The lowest BCUT2D eigenvalue weighted by Gasteiger charge is -2.21. The van der Waals surface area contributed by atoms with Gasteiger partial charge in [0.15, 0.2) is 0 Å². The number of carbonyl (C=O) groups is 1. The van der Waals surface area contributed by atoms with Crippen LogP contribution in [0.3, 0.4) is 0 Å². The Morgan fingerprint density at radius 1 is 1.07 bits per heavy atom. The van der Waals surface area contributed by atoms with Crippen LogP contribution in [0, 0.1) is 0 Å². The van der Waals surface area contributed by atoms with E-state index in [1.165, 1.54) is 6.07 Å². The first-order chi connectivity index (χ1) is 14.0. The summed E-state index contributed by atoms with van der Waals surface area (Å²) in [5.74, 6) is -0.207. The SMILES string of the molecule is COCCN(CCOC)CC(=O)Nc1cccc(S(=O)(=O)N2CCCCCC2)c1. The highest BCUT2D eigenvalue weighted by Gasteiger charge is 2.25. The van der Waals surface area contributed by atoms with Crippen LogP contribution in [0.2, 0.25) is 0 Å². The molecule has 0 bridgehead atoms. The topological polar surface area (TPSA) is 88.2 Å². The van der Waals surface area contributed by atoms with Crippen LogP contribution < -0.4 is 5.32 Å². The highest BCUT2D eigenvalue weighted by Crippen LogP contribution is 2.22. The molecule has 0 aromatic heterocycles. The van der Waals surface area contributed by atoms with Crippen LogP contribution in [0.25, 0.3) is 0 Å². The summed E-state index contributed by atoms with van der Waals surface area (Å²) < 4.78 is 37.7. The zero-order valence-electron chi connectivity index (χ0n) is 17.4. The van der Waals surface area contributed by atoms with Crippen LogP contribution in [0.15, 0.2) is 29.2 Å². The van der Waals surface area contributed by atoms with E-state index in [1.807, 2.05) is 4.90 Å². The highest BCUT2D eigenvalue weighted by molar-refractivity contribution is 7.89. The molecular weight excluding hydrogens is 394 g/mol. The minimum atomic E-state index is -3.55. The van der Waals surface area contributed by atoms with Crippen molar-refractivity contribution in [3.8, 4) is 0 Å². The van der Waals surface area contributed by atoms with Gasteiger partial charge in [-0.05, 0) is 31.0 Å². The Labute approximate surface area is 174 Å². The van der Waals surface area contributed by atoms with Gasteiger partial charge in [-0.15, -0.1) is 0 Å². The summed E-state index contributed by atoms with van der Waals surface area (Å²) in [6, 6.07) is 6.48. The number of nitrogens with one attached hydrogen (secondary N) is 1. The fourth-order valence-electron chi connectivity index (χ4n) is 3.28. The second-order valence-electron chi connectivity index (χ2n) is 7.16. The highest BCUT2D eigenvalue weighted by atomic mass is 32.2. The Hall–Kier alpha value is -1.52. The van der Waals surface area contributed by atoms with Crippen molar-refractivity contribution >= 4 is 21.6 Å². The largest absolute Gasteiger partial charge is 0.383 e. The van der Waals surface area contributed by atoms with Crippen molar-refractivity contribution < 1.29 is 22.7 Å². The molecule has 0 unspecified atom stereocenters. The predicted molar refractivity (Wildman–Crippen MR) is 112 cm³/mol. The van der Waals surface area contributed by atoms with Crippen LogP contribution in [-0.2, 0) is 24.3 Å². The number of sulfonamides is 1. The molecule has 164 valence electrons. The van der Waals surface area contributed by atoms with Gasteiger partial charge in [-0.1, -0.05) is 18.9 Å². The molecule has 0 radical (unpaired) electrons. The number of benzene rings is 1. The third-order valence-electron chi connectivity index (χ3n) is 4.91. The smallest absolute Gasteiger partial charge is 0.243 e. The van der Waals surface area contributed by atoms with Crippen LogP contribution in [0.5, 0.6) is 0 Å². The van der Waals surface area contributed by atoms with E-state index >= 15 is 0 Å². The van der Waals surface area contributed by atoms with Gasteiger partial charge in [0.25, 0.3) is 0 Å². The van der Waals surface area contributed by atoms with E-state index in [1.54, 1.807) is 36.7 Å². The number of anilines is 1. The zero-order valence-corrected chi connectivity index (χ0v) is 18.2. The number of amides is 1. The van der Waals surface area contributed by atoms with Crippen LogP contribution in [0.1, 0.15) is 25.7 Å². The van der Waals surface area contributed by atoms with Crippen molar-refractivity contribution in [2.24, 2.45) is 0 Å². The van der Waals surface area contributed by atoms with Gasteiger partial charge < -0.3 is 14.8 Å². The molecule has 1 aromatic rings. The summed E-state index contributed by atoms with van der Waals surface area (Å²) in [7, 11) is -0.320. The summed E-state index contributed by atoms with van der Waals surface area (Å²) in [4.78, 5) is 14.6. The molecule has 29 heavy (non-hydrogen) atoms. The Kier molecular flexibility index (Phi) is 10.0. The quantitative estimate of drug-likeness (QED) is 0.579. The van der Waals surface area contributed by atoms with E-state index in [0.717, 1.165) is 25.7 Å². The van der Waals surface area contributed by atoms with Gasteiger partial charge in [0.2, 0.25) is 15.9 Å². The van der Waals surface area contributed by atoms with Crippen LogP contribution in [-0.4, -0.2) is 83.7 Å². The van der Waals surface area contributed by atoms with Crippen molar-refractivity contribution in [2.75, 3.05) is 65.5 Å². The first-order valence-electron chi connectivity index (χ1n) is 10.1. The minimum absolute atomic E-state index is 0.176. The molecule has 0 spiro atoms. The van der Waals surface area contributed by atoms with Crippen molar-refractivity contribution in [2.45, 2.75) is 30.6 Å². The predicted octanol–water partition coefficient (Wildman–Crippen LogP) is 1.78. The third-order valence-corrected chi connectivity index (χ3v) is 6.81. The molecule has 1 saturated heterocycles. The number of rotatable bonds is 11. The number of ether oxygens (including phenoxy) is 2. The van der Waals surface area contributed by atoms with Crippen LogP contribution >= 0.6 is 0 Å². The molecule has 1 fully saturated rings. The normalized spacial score (nSPS) is 16.0. The number of methoxy groups -OCH3 is 2. The molecule has 1 aromatic carbocycles. The van der Waals surface area contributed by atoms with Crippen molar-refractivity contribution in [1.82, 2.24) is 9.21 Å². The lowest BCUT2D eigenvalue weighted by Crippen LogP contribution is -2.37. The summed E-state index contributed by atoms with van der Waals surface area (Å²) in [5.41, 5.74) is 0.476. The molecule has 1 N–H and O–H groups in total. The summed E-state index contributed by atoms with van der Waals surface area (Å²) in [5, 5.41) is 2.81. The Bertz CT molecular complexity index is 725. The van der Waals surface area contributed by atoms with Gasteiger partial charge in [0.05, 0.1) is 24.7 Å². The van der Waals surface area contributed by atoms with Crippen molar-refractivity contribution in [3.05, 3.63) is 24.3 Å². The molecule has 1 aliphatic rings. The van der Waals surface area contributed by atoms with Crippen molar-refractivity contribution in [1.29, 1.82) is 0 Å². The van der Waals surface area contributed by atoms with Gasteiger partial charge in [0, 0.05) is 46.1 Å². The Morgan fingerprint density at radius 3 is 2.28 bits per heavy atom. The van der Waals surface area contributed by atoms with Gasteiger partial charge in [0.1, 0.15) is 0 Å². The number of hydrogen-bond donors (Lipinski definition) is 1. The zero-order chi connectivity index (χ0) is 21.1. The lowest BCUT2D eigenvalue weighted by atomic mass is 10.2. The molecule has 8 nitrogen and oxygen atoms in total. The van der Waals surface area contributed by atoms with E-state index in [2.05, 4.69) is 5.32 Å². The van der Waals surface area contributed by atoms with E-state index in [0.29, 0.717) is 45.1 Å². The Morgan fingerprint density at radius 2 is 1.69 bits per heavy atom. The fourth-order valence-corrected chi connectivity index (χ4v) is 4.84. The second-order valence-corrected chi connectivity index (χ2v) is 9.09. The monoisotopic (exact) mass is 427 g/mol. The maximum atomic E-state index is 13.0. The van der Waals surface area contributed by atoms with Gasteiger partial charge in [-0.2, -0.15) is 4.31 Å². The van der Waals surface area contributed by atoms with E-state index in [9.17, 15) is 13.2 Å². The summed E-state index contributed by atoms with van der Waals surface area (Å²) in [6.07, 6.45) is 3.89. The number of hydrogen-bond acceptors (Lipinski definition) is 6. The first-order valence-corrected chi connectivity index (χ1v) is 11.5. The average molecular weight is 428 g/mol. The second kappa shape index (κ2) is 12.2. The molecule has 9 heteroatoms. The number of carbonyl (C=O) groups excluding carboxylic acids is 1. The molecule has 0 aliphatic carbocycles. The fraction of sp³-hybridized carbons (Fsp3) is 0.650. The maximum absolute atomic E-state index is 13.0. The molecule has 0 atom stereocenters. The molecule has 1 heterocycles. The average Bonchev–Trinajstić information content (AvgIpc) is 3.00. The molecule has 1 aliphatic heterocycles. The summed E-state index contributed by atoms with van der Waals surface area (Å²) in [6.45, 7) is 3.52. The van der Waals surface area contributed by atoms with Crippen LogP contribution in [0.4, 0.5) is 5.69 Å². The lowest BCUT2D eigenvalue weighted by molar-refractivity contribution is -0.117. The number of nitrogens with zero attached hydrogens (tertiary/aromatic N) is 2. The van der Waals surface area contributed by atoms with E-state index < -0.39 is 10.0 Å². The summed E-state index contributed by atoms with van der Waals surface area (Å²) >= 11 is 0. The van der Waals surface area contributed by atoms with Gasteiger partial charge >= 0.3 is 0 Å². The standard InChI is InChI=1S/C20H33N3O5S/c1-27-14-12-22(13-15-28-2)17-20(24)21-18-8-7-9-19(16-18)29(25,26)23-10-5-3-4-6-11-23/h7-9,16H,3-6,10-15,17H2,1-2H3,(H,21,24). The minimum Gasteiger partial charge on any atom is -0.383 e. The maximum Gasteiger partial charge on any atom is 0.243 e. The molecular formula is C20H33N3O5S. The van der Waals surface area contributed by atoms with Gasteiger partial charge in [-0.25, -0.2) is 8.42 Å². The van der Waals surface area contributed by atoms with Gasteiger partial charge in [-0.3, -0.25) is 9.69 Å².